The Morgan fingerprint density at radius 3 is 2.82 bits per heavy atom. The molecule has 94 valence electrons. The van der Waals surface area contributed by atoms with Crippen molar-refractivity contribution in [3.63, 3.8) is 0 Å². The Balaban J connectivity index is 2.18. The van der Waals surface area contributed by atoms with Crippen LogP contribution in [0, 0.1) is 18.8 Å². The van der Waals surface area contributed by atoms with Crippen LogP contribution >= 0.6 is 0 Å². The molecule has 0 amide bonds. The van der Waals surface area contributed by atoms with Gasteiger partial charge in [-0.3, -0.25) is 0 Å². The molecule has 0 saturated carbocycles. The van der Waals surface area contributed by atoms with Crippen molar-refractivity contribution in [1.82, 2.24) is 9.97 Å². The first kappa shape index (κ1) is 12.1. The van der Waals surface area contributed by atoms with Crippen molar-refractivity contribution in [3.8, 4) is 0 Å². The van der Waals surface area contributed by atoms with Gasteiger partial charge in [0.15, 0.2) is 0 Å². The van der Waals surface area contributed by atoms with Gasteiger partial charge in [0.05, 0.1) is 0 Å². The van der Waals surface area contributed by atoms with Gasteiger partial charge in [-0.1, -0.05) is 13.8 Å². The third-order valence-corrected chi connectivity index (χ3v) is 3.64. The molecule has 1 atom stereocenters. The van der Waals surface area contributed by atoms with Crippen LogP contribution in [0.4, 0.5) is 11.8 Å². The van der Waals surface area contributed by atoms with Gasteiger partial charge in [0.1, 0.15) is 5.82 Å². The van der Waals surface area contributed by atoms with Crippen molar-refractivity contribution in [2.75, 3.05) is 30.4 Å². The molecule has 0 spiro atoms. The van der Waals surface area contributed by atoms with E-state index in [1.54, 1.807) is 0 Å². The topological polar surface area (TPSA) is 41.1 Å². The number of aryl methyl sites for hydroxylation is 1. The third-order valence-electron chi connectivity index (χ3n) is 3.64. The van der Waals surface area contributed by atoms with E-state index in [1.807, 2.05) is 13.2 Å². The lowest BCUT2D eigenvalue weighted by Gasteiger charge is -2.21. The van der Waals surface area contributed by atoms with Gasteiger partial charge in [-0.05, 0) is 25.2 Å². The number of nitrogens with one attached hydrogen (secondary N) is 1. The molecule has 1 aliphatic heterocycles. The summed E-state index contributed by atoms with van der Waals surface area (Å²) >= 11 is 0. The Morgan fingerprint density at radius 2 is 2.24 bits per heavy atom. The van der Waals surface area contributed by atoms with Crippen LogP contribution in [-0.4, -0.2) is 30.1 Å². The Hall–Kier alpha value is -1.32. The van der Waals surface area contributed by atoms with Crippen LogP contribution in [0.3, 0.4) is 0 Å². The molecular formula is C13H22N4. The van der Waals surface area contributed by atoms with Crippen molar-refractivity contribution in [1.29, 1.82) is 0 Å². The first-order valence-electron chi connectivity index (χ1n) is 6.38. The summed E-state index contributed by atoms with van der Waals surface area (Å²) < 4.78 is 0. The lowest BCUT2D eigenvalue weighted by molar-refractivity contribution is 0.422. The predicted octanol–water partition coefficient (Wildman–Crippen LogP) is 2.31. The minimum Gasteiger partial charge on any atom is -0.357 e. The number of aromatic nitrogens is 2. The standard InChI is InChI=1S/C13H22N4/c1-9(2)11-5-6-17(8-11)12-10(3)7-15-13(14-4)16-12/h7,9,11H,5-6,8H2,1-4H3,(H,14,15,16). The Morgan fingerprint density at radius 1 is 1.47 bits per heavy atom. The fourth-order valence-electron chi connectivity index (χ4n) is 2.40. The summed E-state index contributed by atoms with van der Waals surface area (Å²) in [5.74, 6) is 3.35. The number of anilines is 2. The van der Waals surface area contributed by atoms with E-state index in [-0.39, 0.29) is 0 Å². The van der Waals surface area contributed by atoms with Gasteiger partial charge < -0.3 is 10.2 Å². The van der Waals surface area contributed by atoms with Crippen LogP contribution in [0.15, 0.2) is 6.20 Å². The minimum atomic E-state index is 0.707. The van der Waals surface area contributed by atoms with Crippen molar-refractivity contribution in [2.45, 2.75) is 27.2 Å². The molecular weight excluding hydrogens is 212 g/mol. The van der Waals surface area contributed by atoms with Gasteiger partial charge >= 0.3 is 0 Å². The molecule has 1 aromatic rings. The van der Waals surface area contributed by atoms with E-state index in [2.05, 4.69) is 41.0 Å². The number of rotatable bonds is 3. The monoisotopic (exact) mass is 234 g/mol. The Kier molecular flexibility index (Phi) is 3.50. The molecule has 1 fully saturated rings. The molecule has 0 aliphatic carbocycles. The number of hydrogen-bond acceptors (Lipinski definition) is 4. The molecule has 1 saturated heterocycles. The summed E-state index contributed by atoms with van der Waals surface area (Å²) in [7, 11) is 1.86. The molecule has 2 rings (SSSR count). The lowest BCUT2D eigenvalue weighted by Crippen LogP contribution is -2.23. The van der Waals surface area contributed by atoms with E-state index in [1.165, 1.54) is 6.42 Å². The minimum absolute atomic E-state index is 0.707. The van der Waals surface area contributed by atoms with Gasteiger partial charge in [0.25, 0.3) is 0 Å². The van der Waals surface area contributed by atoms with E-state index in [0.717, 1.165) is 36.3 Å². The molecule has 1 aliphatic rings. The SMILES string of the molecule is CNc1ncc(C)c(N2CCC(C(C)C)C2)n1. The highest BCUT2D eigenvalue weighted by atomic mass is 15.2. The summed E-state index contributed by atoms with van der Waals surface area (Å²) in [4.78, 5) is 11.2. The molecule has 4 heteroatoms. The molecule has 2 heterocycles. The lowest BCUT2D eigenvalue weighted by atomic mass is 9.95. The second-order valence-electron chi connectivity index (χ2n) is 5.19. The normalized spacial score (nSPS) is 20.1. The van der Waals surface area contributed by atoms with Crippen LogP contribution in [0.2, 0.25) is 0 Å². The first-order valence-corrected chi connectivity index (χ1v) is 6.38. The molecule has 1 aromatic heterocycles. The molecule has 17 heavy (non-hydrogen) atoms. The van der Waals surface area contributed by atoms with E-state index < -0.39 is 0 Å². The molecule has 0 aromatic carbocycles. The fourth-order valence-corrected chi connectivity index (χ4v) is 2.40. The van der Waals surface area contributed by atoms with Gasteiger partial charge in [-0.15, -0.1) is 0 Å². The summed E-state index contributed by atoms with van der Waals surface area (Å²) in [6.45, 7) is 8.93. The predicted molar refractivity (Wildman–Crippen MR) is 71.5 cm³/mol. The molecule has 0 radical (unpaired) electrons. The van der Waals surface area contributed by atoms with Crippen molar-refractivity contribution < 1.29 is 0 Å². The van der Waals surface area contributed by atoms with E-state index in [0.29, 0.717) is 5.95 Å². The third kappa shape index (κ3) is 2.51. The molecule has 0 bridgehead atoms. The highest BCUT2D eigenvalue weighted by molar-refractivity contribution is 5.49. The molecule has 1 unspecified atom stereocenters. The average Bonchev–Trinajstić information content (AvgIpc) is 2.79. The molecule has 4 nitrogen and oxygen atoms in total. The highest BCUT2D eigenvalue weighted by Gasteiger charge is 2.26. The van der Waals surface area contributed by atoms with Crippen LogP contribution in [0.5, 0.6) is 0 Å². The van der Waals surface area contributed by atoms with E-state index in [9.17, 15) is 0 Å². The van der Waals surface area contributed by atoms with Crippen LogP contribution in [0.25, 0.3) is 0 Å². The fraction of sp³-hybridized carbons (Fsp3) is 0.692. The quantitative estimate of drug-likeness (QED) is 0.871. The zero-order chi connectivity index (χ0) is 12.4. The Bertz CT molecular complexity index is 389. The summed E-state index contributed by atoms with van der Waals surface area (Å²) in [5, 5.41) is 3.00. The van der Waals surface area contributed by atoms with Gasteiger partial charge in [-0.25, -0.2) is 4.98 Å². The van der Waals surface area contributed by atoms with Crippen molar-refractivity contribution in [2.24, 2.45) is 11.8 Å². The van der Waals surface area contributed by atoms with E-state index >= 15 is 0 Å². The zero-order valence-corrected chi connectivity index (χ0v) is 11.2. The van der Waals surface area contributed by atoms with E-state index in [4.69, 9.17) is 0 Å². The van der Waals surface area contributed by atoms with Crippen molar-refractivity contribution in [3.05, 3.63) is 11.8 Å². The summed E-state index contributed by atoms with van der Waals surface area (Å²) in [5.41, 5.74) is 1.16. The largest absolute Gasteiger partial charge is 0.357 e. The van der Waals surface area contributed by atoms with Crippen LogP contribution < -0.4 is 10.2 Å². The van der Waals surface area contributed by atoms with Gasteiger partial charge in [0.2, 0.25) is 5.95 Å². The summed E-state index contributed by atoms with van der Waals surface area (Å²) in [6, 6.07) is 0. The molecule has 1 N–H and O–H groups in total. The maximum Gasteiger partial charge on any atom is 0.224 e. The number of hydrogen-bond donors (Lipinski definition) is 1. The number of nitrogens with zero attached hydrogens (tertiary/aromatic N) is 3. The van der Waals surface area contributed by atoms with Gasteiger partial charge in [0, 0.05) is 31.9 Å². The second kappa shape index (κ2) is 4.90. The van der Waals surface area contributed by atoms with Gasteiger partial charge in [-0.2, -0.15) is 4.98 Å². The summed E-state index contributed by atoms with van der Waals surface area (Å²) in [6.07, 6.45) is 3.17. The maximum absolute atomic E-state index is 4.57. The highest BCUT2D eigenvalue weighted by Crippen LogP contribution is 2.29. The second-order valence-corrected chi connectivity index (χ2v) is 5.19. The van der Waals surface area contributed by atoms with Crippen LogP contribution in [0.1, 0.15) is 25.8 Å². The average molecular weight is 234 g/mol. The van der Waals surface area contributed by atoms with Crippen molar-refractivity contribution >= 4 is 11.8 Å². The zero-order valence-electron chi connectivity index (χ0n) is 11.2. The Labute approximate surface area is 103 Å². The first-order chi connectivity index (χ1) is 8.11. The maximum atomic E-state index is 4.57. The smallest absolute Gasteiger partial charge is 0.224 e. The van der Waals surface area contributed by atoms with Crippen LogP contribution in [-0.2, 0) is 0 Å².